The van der Waals surface area contributed by atoms with Crippen molar-refractivity contribution in [3.8, 4) is 5.75 Å². The number of fused-ring (bicyclic) bond motifs is 1. The number of aliphatic hydroxyl groups excluding tert-OH is 1. The number of nitrogens with one attached hydrogen (secondary N) is 8. The molecule has 16 N–H and O–H groups in total. The maximum absolute atomic E-state index is 14.8. The minimum atomic E-state index is -1.71. The van der Waals surface area contributed by atoms with Crippen molar-refractivity contribution < 1.29 is 48.6 Å². The predicted molar refractivity (Wildman–Crippen MR) is 307 cm³/mol. The summed E-state index contributed by atoms with van der Waals surface area (Å²) in [6.07, 6.45) is 2.31. The number of rotatable bonds is 20. The molecule has 0 radical (unpaired) electrons. The number of phenolic OH excluding ortho intramolecular Hbond substituents is 1. The Kier molecular flexibility index (Phi) is 24.2. The van der Waals surface area contributed by atoms with E-state index in [1.54, 1.807) is 73.1 Å². The Morgan fingerprint density at radius 3 is 2.11 bits per heavy atom. The monoisotopic (exact) mass is 1160 g/mol. The molecule has 22 nitrogen and oxygen atoms in total. The van der Waals surface area contributed by atoms with E-state index in [-0.39, 0.29) is 55.2 Å². The molecule has 0 aliphatic carbocycles. The number of nitrogens with two attached hydrogens (primary N) is 3. The molecule has 9 atom stereocenters. The number of H-pyrrole nitrogens is 1. The van der Waals surface area contributed by atoms with Gasteiger partial charge in [0.25, 0.3) is 0 Å². The highest BCUT2D eigenvalue weighted by Crippen LogP contribution is 2.30. The second-order valence-corrected chi connectivity index (χ2v) is 23.5. The Bertz CT molecular complexity index is 2850. The van der Waals surface area contributed by atoms with Gasteiger partial charge >= 0.3 is 0 Å². The number of pyridine rings is 1. The SMILES string of the molecule is CC(O)C1NC(=O)C(CCCCN)NC(=O)C(Cc2c[nH]c3ccccc23)NC(=O)C(Cc2ccc(O)cc2)NC(=O)C(NC(=O)C(N)Cc2ccccc2)CSSCC(C(=O)NC(CSSc2ccccn2)C(N)=O)NC1=O. The van der Waals surface area contributed by atoms with Gasteiger partial charge in [-0.15, -0.1) is 0 Å². The van der Waals surface area contributed by atoms with Crippen molar-refractivity contribution in [3.63, 3.8) is 0 Å². The lowest BCUT2D eigenvalue weighted by Crippen LogP contribution is -2.62. The Hall–Kier alpha value is -6.81. The first-order valence-corrected chi connectivity index (χ1v) is 30.2. The van der Waals surface area contributed by atoms with E-state index in [4.69, 9.17) is 17.2 Å². The Morgan fingerprint density at radius 2 is 1.42 bits per heavy atom. The number of nitrogens with zero attached hydrogens (tertiary/aromatic N) is 1. The average molecular weight is 1160 g/mol. The minimum Gasteiger partial charge on any atom is -0.508 e. The number of aromatic hydroxyl groups is 1. The van der Waals surface area contributed by atoms with Crippen LogP contribution in [0.1, 0.15) is 42.9 Å². The third-order valence-electron chi connectivity index (χ3n) is 12.5. The number of benzene rings is 3. The van der Waals surface area contributed by atoms with Gasteiger partial charge in [0, 0.05) is 53.4 Å². The van der Waals surface area contributed by atoms with Crippen molar-refractivity contribution >= 4 is 101 Å². The molecule has 6 rings (SSSR count). The Labute approximate surface area is 472 Å². The number of primary amides is 1. The number of carbonyl (C=O) groups excluding carboxylic acids is 8. The second kappa shape index (κ2) is 31.1. The molecule has 3 aromatic carbocycles. The summed E-state index contributed by atoms with van der Waals surface area (Å²) < 4.78 is 0. The zero-order chi connectivity index (χ0) is 56.8. The molecule has 1 aliphatic rings. The molecule has 422 valence electrons. The quantitative estimate of drug-likeness (QED) is 0.0379. The van der Waals surface area contributed by atoms with Crippen LogP contribution in [0, 0.1) is 0 Å². The maximum atomic E-state index is 14.8. The van der Waals surface area contributed by atoms with Crippen molar-refractivity contribution in [2.24, 2.45) is 17.2 Å². The van der Waals surface area contributed by atoms with Crippen molar-refractivity contribution in [1.29, 1.82) is 0 Å². The number of carbonyl (C=O) groups is 8. The van der Waals surface area contributed by atoms with Crippen LogP contribution in [-0.2, 0) is 57.6 Å². The molecule has 1 aliphatic heterocycles. The molecule has 3 heterocycles. The Morgan fingerprint density at radius 1 is 0.759 bits per heavy atom. The van der Waals surface area contributed by atoms with Gasteiger partial charge in [0.15, 0.2) is 0 Å². The molecular weight excluding hydrogens is 1090 g/mol. The number of amides is 8. The summed E-state index contributed by atoms with van der Waals surface area (Å²) in [6.45, 7) is 1.49. The molecule has 0 bridgehead atoms. The number of hydrogen-bond acceptors (Lipinski definition) is 17. The fraction of sp³-hybridized carbons (Fsp3) is 0.377. The number of phenols is 1. The first-order chi connectivity index (χ1) is 38.0. The third-order valence-corrected chi connectivity index (χ3v) is 17.2. The van der Waals surface area contributed by atoms with E-state index in [0.29, 0.717) is 29.0 Å². The zero-order valence-corrected chi connectivity index (χ0v) is 46.4. The highest BCUT2D eigenvalue weighted by molar-refractivity contribution is 8.77. The molecule has 26 heteroatoms. The topological polar surface area (TPSA) is 368 Å². The largest absolute Gasteiger partial charge is 0.508 e. The van der Waals surface area contributed by atoms with E-state index >= 15 is 0 Å². The Balaban J connectivity index is 1.37. The molecule has 8 amide bonds. The van der Waals surface area contributed by atoms with Crippen molar-refractivity contribution in [2.45, 2.75) is 105 Å². The number of aromatic nitrogens is 2. The van der Waals surface area contributed by atoms with Crippen LogP contribution in [0.3, 0.4) is 0 Å². The molecule has 9 unspecified atom stereocenters. The predicted octanol–water partition coefficient (Wildman–Crippen LogP) is 0.848. The van der Waals surface area contributed by atoms with Gasteiger partial charge < -0.3 is 69.6 Å². The molecule has 5 aromatic rings. The minimum absolute atomic E-state index is 0.00234. The van der Waals surface area contributed by atoms with Crippen LogP contribution in [0.15, 0.2) is 114 Å². The summed E-state index contributed by atoms with van der Waals surface area (Å²) in [7, 11) is 4.44. The first kappa shape index (κ1) is 61.4. The fourth-order valence-corrected chi connectivity index (χ4v) is 12.6. The maximum Gasteiger partial charge on any atom is 0.245 e. The standard InChI is InChI=1S/C53H66N12O10S4/c1-30(66)45-53(75)64-43(52(74)62-41(46(56)68)27-78-79-44-16-8-10-22-57-44)29-77-76-28-42(63-47(69)36(55)23-31-11-3-2-4-12-31)51(73)60-39(24-32-17-19-34(67)20-18-32)49(71)61-40(25-33-26-58-37-14-6-5-13-35(33)37)50(72)59-38(48(70)65-45)15-7-9-21-54/h2-6,8,10-14,16-20,22,26,30,36,38-43,45,58,66-67H,7,9,15,21,23-25,27-29,54-55H2,1H3,(H2,56,68)(H,59,72)(H,60,73)(H,61,71)(H,62,74)(H,63,69)(H,64,75)(H,65,70). The van der Waals surface area contributed by atoms with Gasteiger partial charge in [-0.1, -0.05) is 99.1 Å². The summed E-state index contributed by atoms with van der Waals surface area (Å²) in [6, 6.07) is 16.3. The number of hydrogen-bond donors (Lipinski definition) is 13. The van der Waals surface area contributed by atoms with Crippen LogP contribution in [0.2, 0.25) is 0 Å². The van der Waals surface area contributed by atoms with E-state index in [9.17, 15) is 48.6 Å². The summed E-state index contributed by atoms with van der Waals surface area (Å²) in [5.74, 6) is -7.32. The van der Waals surface area contributed by atoms with E-state index in [1.807, 2.05) is 24.3 Å². The van der Waals surface area contributed by atoms with Gasteiger partial charge in [-0.3, -0.25) is 38.4 Å². The molecule has 2 aromatic heterocycles. The van der Waals surface area contributed by atoms with Crippen LogP contribution in [0.25, 0.3) is 10.9 Å². The molecule has 1 fully saturated rings. The van der Waals surface area contributed by atoms with E-state index in [1.165, 1.54) is 40.6 Å². The average Bonchev–Trinajstić information content (AvgIpc) is 3.84. The lowest BCUT2D eigenvalue weighted by molar-refractivity contribution is -0.136. The zero-order valence-electron chi connectivity index (χ0n) is 43.1. The van der Waals surface area contributed by atoms with Crippen LogP contribution < -0.4 is 54.4 Å². The van der Waals surface area contributed by atoms with Crippen LogP contribution in [0.4, 0.5) is 0 Å². The van der Waals surface area contributed by atoms with Crippen LogP contribution in [-0.4, -0.2) is 146 Å². The highest BCUT2D eigenvalue weighted by atomic mass is 33.1. The van der Waals surface area contributed by atoms with Crippen molar-refractivity contribution in [1.82, 2.24) is 47.2 Å². The van der Waals surface area contributed by atoms with Crippen LogP contribution in [0.5, 0.6) is 5.75 Å². The normalized spacial score (nSPS) is 21.2. The summed E-state index contributed by atoms with van der Waals surface area (Å²) in [5.41, 5.74) is 20.6. The number of aliphatic hydroxyl groups is 1. The molecule has 1 saturated heterocycles. The third kappa shape index (κ3) is 19.2. The molecular formula is C53H66N12O10S4. The van der Waals surface area contributed by atoms with E-state index < -0.39 is 102 Å². The number of aromatic amines is 1. The number of unbranched alkanes of at least 4 members (excludes halogenated alkanes) is 1. The molecule has 0 spiro atoms. The molecule has 0 saturated carbocycles. The van der Waals surface area contributed by atoms with E-state index in [0.717, 1.165) is 38.1 Å². The fourth-order valence-electron chi connectivity index (χ4n) is 8.17. The van der Waals surface area contributed by atoms with Gasteiger partial charge in [0.1, 0.15) is 53.1 Å². The van der Waals surface area contributed by atoms with Gasteiger partial charge in [0.05, 0.1) is 12.1 Å². The van der Waals surface area contributed by atoms with Crippen molar-refractivity contribution in [2.75, 3.05) is 23.8 Å². The van der Waals surface area contributed by atoms with Gasteiger partial charge in [-0.05, 0) is 97.0 Å². The van der Waals surface area contributed by atoms with Gasteiger partial charge in [-0.2, -0.15) is 0 Å². The summed E-state index contributed by atoms with van der Waals surface area (Å²) in [4.78, 5) is 121. The smallest absolute Gasteiger partial charge is 0.245 e. The second-order valence-electron chi connectivity index (χ2n) is 18.6. The first-order valence-electron chi connectivity index (χ1n) is 25.4. The van der Waals surface area contributed by atoms with Crippen molar-refractivity contribution in [3.05, 3.63) is 126 Å². The lowest BCUT2D eigenvalue weighted by Gasteiger charge is -2.29. The highest BCUT2D eigenvalue weighted by Gasteiger charge is 2.37. The van der Waals surface area contributed by atoms with E-state index in [2.05, 4.69) is 47.2 Å². The summed E-state index contributed by atoms with van der Waals surface area (Å²) >= 11 is 0. The summed E-state index contributed by atoms with van der Waals surface area (Å²) in [5, 5.41) is 41.4. The van der Waals surface area contributed by atoms with Gasteiger partial charge in [-0.25, -0.2) is 4.98 Å². The number of para-hydroxylation sites is 1. The van der Waals surface area contributed by atoms with Crippen LogP contribution >= 0.6 is 43.2 Å². The van der Waals surface area contributed by atoms with Gasteiger partial charge in [0.2, 0.25) is 47.3 Å². The molecule has 79 heavy (non-hydrogen) atoms. The lowest BCUT2D eigenvalue weighted by atomic mass is 10.0.